The monoisotopic (exact) mass is 189 g/mol. The number of hydrogen-bond acceptors (Lipinski definition) is 2. The Morgan fingerprint density at radius 2 is 2.07 bits per heavy atom. The minimum absolute atomic E-state index is 0.0115. The first-order valence-corrected chi connectivity index (χ1v) is 4.35. The smallest absolute Gasteiger partial charge is 0.163 e. The second kappa shape index (κ2) is 5.04. The van der Waals surface area contributed by atoms with Gasteiger partial charge in [0, 0.05) is 23.4 Å². The topological polar surface area (TPSA) is 65.8 Å². The number of ketones is 1. The summed E-state index contributed by atoms with van der Waals surface area (Å²) >= 11 is 0. The van der Waals surface area contributed by atoms with E-state index in [-0.39, 0.29) is 18.7 Å². The zero-order valence-corrected chi connectivity index (χ0v) is 7.97. The molecule has 0 aliphatic rings. The molecule has 72 valence electrons. The molecule has 0 saturated heterocycles. The van der Waals surface area contributed by atoms with Gasteiger partial charge in [0.1, 0.15) is 0 Å². The number of nitrogens with zero attached hydrogens (tertiary/aromatic N) is 3. The molecule has 1 aromatic carbocycles. The van der Waals surface area contributed by atoms with Crippen molar-refractivity contribution in [2.75, 3.05) is 6.54 Å². The number of azide groups is 1. The number of carbonyl (C=O) groups excluding carboxylic acids is 1. The van der Waals surface area contributed by atoms with E-state index in [1.807, 2.05) is 19.1 Å². The average molecular weight is 189 g/mol. The molecule has 1 rings (SSSR count). The molecule has 0 fully saturated rings. The van der Waals surface area contributed by atoms with Gasteiger partial charge in [-0.3, -0.25) is 4.79 Å². The highest BCUT2D eigenvalue weighted by molar-refractivity contribution is 5.96. The number of benzene rings is 1. The Balaban J connectivity index is 2.60. The van der Waals surface area contributed by atoms with Gasteiger partial charge < -0.3 is 0 Å². The predicted octanol–water partition coefficient (Wildman–Crippen LogP) is 2.88. The van der Waals surface area contributed by atoms with Crippen molar-refractivity contribution in [3.8, 4) is 0 Å². The zero-order valence-electron chi connectivity index (χ0n) is 7.97. The van der Waals surface area contributed by atoms with Crippen LogP contribution in [0.3, 0.4) is 0 Å². The molecular weight excluding hydrogens is 178 g/mol. The molecule has 0 amide bonds. The maximum Gasteiger partial charge on any atom is 0.163 e. The fraction of sp³-hybridized carbons (Fsp3) is 0.300. The lowest BCUT2D eigenvalue weighted by molar-refractivity contribution is 0.0985. The van der Waals surface area contributed by atoms with Crippen LogP contribution in [-0.2, 0) is 0 Å². The molecule has 4 nitrogen and oxygen atoms in total. The van der Waals surface area contributed by atoms with Crippen molar-refractivity contribution >= 4 is 5.78 Å². The lowest BCUT2D eigenvalue weighted by atomic mass is 10.1. The van der Waals surface area contributed by atoms with Crippen LogP contribution in [0.5, 0.6) is 0 Å². The van der Waals surface area contributed by atoms with Crippen molar-refractivity contribution in [2.24, 2.45) is 5.11 Å². The summed E-state index contributed by atoms with van der Waals surface area (Å²) in [6, 6.07) is 7.35. The summed E-state index contributed by atoms with van der Waals surface area (Å²) in [6.45, 7) is 2.19. The molecule has 0 spiro atoms. The summed E-state index contributed by atoms with van der Waals surface area (Å²) in [5, 5.41) is 3.31. The zero-order chi connectivity index (χ0) is 10.4. The van der Waals surface area contributed by atoms with Crippen LogP contribution in [0.1, 0.15) is 22.3 Å². The summed E-state index contributed by atoms with van der Waals surface area (Å²) in [5.41, 5.74) is 9.83. The molecule has 0 heterocycles. The van der Waals surface area contributed by atoms with Crippen LogP contribution < -0.4 is 0 Å². The van der Waals surface area contributed by atoms with Crippen LogP contribution in [0.25, 0.3) is 10.4 Å². The van der Waals surface area contributed by atoms with E-state index in [0.29, 0.717) is 5.56 Å². The highest BCUT2D eigenvalue weighted by Crippen LogP contribution is 2.05. The second-order valence-corrected chi connectivity index (χ2v) is 2.99. The first kappa shape index (κ1) is 10.3. The highest BCUT2D eigenvalue weighted by atomic mass is 16.1. The van der Waals surface area contributed by atoms with Gasteiger partial charge in [-0.05, 0) is 12.5 Å². The molecule has 4 heteroatoms. The molecule has 14 heavy (non-hydrogen) atoms. The number of aryl methyl sites for hydroxylation is 1. The van der Waals surface area contributed by atoms with Gasteiger partial charge in [0.15, 0.2) is 5.78 Å². The van der Waals surface area contributed by atoms with E-state index >= 15 is 0 Å². The van der Waals surface area contributed by atoms with Crippen LogP contribution in [0.2, 0.25) is 0 Å². The Labute approximate surface area is 82.2 Å². The lowest BCUT2D eigenvalue weighted by Crippen LogP contribution is -2.00. The summed E-state index contributed by atoms with van der Waals surface area (Å²) in [7, 11) is 0. The molecule has 0 aliphatic carbocycles. The summed E-state index contributed by atoms with van der Waals surface area (Å²) in [6.07, 6.45) is 0.271. The third kappa shape index (κ3) is 2.92. The maximum atomic E-state index is 11.4. The van der Waals surface area contributed by atoms with Crippen LogP contribution in [0.4, 0.5) is 0 Å². The van der Waals surface area contributed by atoms with E-state index in [2.05, 4.69) is 10.0 Å². The van der Waals surface area contributed by atoms with E-state index in [0.717, 1.165) is 5.56 Å². The van der Waals surface area contributed by atoms with Crippen molar-refractivity contribution in [3.05, 3.63) is 45.8 Å². The van der Waals surface area contributed by atoms with Crippen molar-refractivity contribution in [3.63, 3.8) is 0 Å². The van der Waals surface area contributed by atoms with E-state index in [1.165, 1.54) is 0 Å². The first-order chi connectivity index (χ1) is 6.74. The molecule has 1 aromatic rings. The minimum Gasteiger partial charge on any atom is -0.294 e. The average Bonchev–Trinajstić information content (AvgIpc) is 2.19. The molecule has 0 atom stereocenters. The molecule has 0 N–H and O–H groups in total. The van der Waals surface area contributed by atoms with Crippen LogP contribution in [-0.4, -0.2) is 12.3 Å². The molecule has 0 aliphatic heterocycles. The van der Waals surface area contributed by atoms with Gasteiger partial charge in [0.2, 0.25) is 0 Å². The van der Waals surface area contributed by atoms with Crippen molar-refractivity contribution in [1.29, 1.82) is 0 Å². The number of Topliss-reactive ketones (excluding diaryl/α,β-unsaturated/α-hetero) is 1. The molecule has 0 radical (unpaired) electrons. The quantitative estimate of drug-likeness (QED) is 0.311. The Morgan fingerprint density at radius 1 is 1.43 bits per heavy atom. The summed E-state index contributed by atoms with van der Waals surface area (Å²) < 4.78 is 0. The Morgan fingerprint density at radius 3 is 2.64 bits per heavy atom. The lowest BCUT2D eigenvalue weighted by Gasteiger charge is -1.98. The third-order valence-electron chi connectivity index (χ3n) is 1.88. The van der Waals surface area contributed by atoms with Crippen molar-refractivity contribution in [1.82, 2.24) is 0 Å². The van der Waals surface area contributed by atoms with Crippen LogP contribution in [0.15, 0.2) is 29.4 Å². The Kier molecular flexibility index (Phi) is 3.70. The summed E-state index contributed by atoms with van der Waals surface area (Å²) in [5.74, 6) is 0.0115. The van der Waals surface area contributed by atoms with Gasteiger partial charge in [-0.25, -0.2) is 0 Å². The first-order valence-electron chi connectivity index (χ1n) is 4.35. The standard InChI is InChI=1S/C10H11N3O/c1-8-2-4-9(5-3-8)10(14)6-7-12-13-11/h2-5H,6-7H2,1H3. The van der Waals surface area contributed by atoms with E-state index in [1.54, 1.807) is 12.1 Å². The van der Waals surface area contributed by atoms with E-state index in [9.17, 15) is 4.79 Å². The third-order valence-corrected chi connectivity index (χ3v) is 1.88. The highest BCUT2D eigenvalue weighted by Gasteiger charge is 2.03. The molecule has 0 saturated carbocycles. The Hall–Kier alpha value is -1.80. The SMILES string of the molecule is Cc1ccc(C(=O)CCN=[N+]=[N-])cc1. The van der Waals surface area contributed by atoms with Crippen LogP contribution >= 0.6 is 0 Å². The fourth-order valence-electron chi connectivity index (χ4n) is 1.08. The predicted molar refractivity (Wildman–Crippen MR) is 54.1 cm³/mol. The largest absolute Gasteiger partial charge is 0.294 e. The van der Waals surface area contributed by atoms with E-state index < -0.39 is 0 Å². The minimum atomic E-state index is 0.0115. The number of carbonyl (C=O) groups is 1. The molecule has 0 unspecified atom stereocenters. The van der Waals surface area contributed by atoms with Gasteiger partial charge in [0.05, 0.1) is 0 Å². The van der Waals surface area contributed by atoms with E-state index in [4.69, 9.17) is 5.53 Å². The summed E-state index contributed by atoms with van der Waals surface area (Å²) in [4.78, 5) is 14.0. The normalized spacial score (nSPS) is 9.21. The van der Waals surface area contributed by atoms with Gasteiger partial charge >= 0.3 is 0 Å². The van der Waals surface area contributed by atoms with Gasteiger partial charge in [-0.1, -0.05) is 34.9 Å². The molecule has 0 aromatic heterocycles. The van der Waals surface area contributed by atoms with Gasteiger partial charge in [0.25, 0.3) is 0 Å². The van der Waals surface area contributed by atoms with Crippen molar-refractivity contribution in [2.45, 2.75) is 13.3 Å². The van der Waals surface area contributed by atoms with Crippen LogP contribution in [0, 0.1) is 6.92 Å². The Bertz CT molecular complexity index is 363. The number of hydrogen-bond donors (Lipinski definition) is 0. The van der Waals surface area contributed by atoms with Gasteiger partial charge in [-0.15, -0.1) is 0 Å². The number of rotatable bonds is 4. The fourth-order valence-corrected chi connectivity index (χ4v) is 1.08. The second-order valence-electron chi connectivity index (χ2n) is 2.99. The molecular formula is C10H11N3O. The van der Waals surface area contributed by atoms with Gasteiger partial charge in [-0.2, -0.15) is 0 Å². The maximum absolute atomic E-state index is 11.4. The molecule has 0 bridgehead atoms. The van der Waals surface area contributed by atoms with Crippen molar-refractivity contribution < 1.29 is 4.79 Å².